The van der Waals surface area contributed by atoms with Gasteiger partial charge in [-0.05, 0) is 25.8 Å². The fourth-order valence-electron chi connectivity index (χ4n) is 2.12. The van der Waals surface area contributed by atoms with Gasteiger partial charge < -0.3 is 10.0 Å². The van der Waals surface area contributed by atoms with Crippen molar-refractivity contribution >= 4 is 5.97 Å². The summed E-state index contributed by atoms with van der Waals surface area (Å²) in [6.45, 7) is 4.68. The number of nitrogens with zero attached hydrogens (tertiary/aromatic N) is 2. The number of carboxylic acids is 1. The number of aliphatic carboxylic acids is 1. The lowest BCUT2D eigenvalue weighted by Crippen LogP contribution is -2.43. The zero-order chi connectivity index (χ0) is 12.0. The number of likely N-dealkylation sites (tertiary alicyclic amines) is 1. The van der Waals surface area contributed by atoms with Gasteiger partial charge in [-0.15, -0.1) is 0 Å². The first-order valence-electron chi connectivity index (χ1n) is 6.01. The zero-order valence-corrected chi connectivity index (χ0v) is 9.91. The summed E-state index contributed by atoms with van der Waals surface area (Å²) < 4.78 is 0. The third kappa shape index (κ3) is 2.96. The summed E-state index contributed by atoms with van der Waals surface area (Å²) in [6.07, 6.45) is 4.52. The van der Waals surface area contributed by atoms with Crippen molar-refractivity contribution in [2.75, 3.05) is 19.6 Å². The maximum Gasteiger partial charge on any atom is 0.324 e. The van der Waals surface area contributed by atoms with E-state index in [4.69, 9.17) is 10.4 Å². The summed E-state index contributed by atoms with van der Waals surface area (Å²) in [7, 11) is 0. The Morgan fingerprint density at radius 1 is 1.44 bits per heavy atom. The second-order valence-electron chi connectivity index (χ2n) is 4.55. The number of unbranched alkanes of at least 4 members (excludes halogenated alkanes) is 2. The quantitative estimate of drug-likeness (QED) is 0.724. The SMILES string of the molecule is CCCCCN1CCC(C#N)(C(=O)O)CC1. The maximum atomic E-state index is 11.0. The molecule has 4 heteroatoms. The van der Waals surface area contributed by atoms with Crippen LogP contribution in [-0.2, 0) is 4.79 Å². The Morgan fingerprint density at radius 3 is 2.50 bits per heavy atom. The molecule has 4 nitrogen and oxygen atoms in total. The lowest BCUT2D eigenvalue weighted by Gasteiger charge is -2.34. The molecule has 16 heavy (non-hydrogen) atoms. The van der Waals surface area contributed by atoms with E-state index in [0.717, 1.165) is 19.6 Å². The van der Waals surface area contributed by atoms with E-state index in [1.54, 1.807) is 0 Å². The molecule has 0 aromatic rings. The highest BCUT2D eigenvalue weighted by Gasteiger charge is 2.41. The van der Waals surface area contributed by atoms with Crippen LogP contribution >= 0.6 is 0 Å². The van der Waals surface area contributed by atoms with Crippen LogP contribution in [0.3, 0.4) is 0 Å². The fraction of sp³-hybridized carbons (Fsp3) is 0.833. The Bertz CT molecular complexity index is 275. The smallest absolute Gasteiger partial charge is 0.324 e. The van der Waals surface area contributed by atoms with Gasteiger partial charge >= 0.3 is 5.97 Å². The first-order valence-corrected chi connectivity index (χ1v) is 6.01. The van der Waals surface area contributed by atoms with Gasteiger partial charge in [0.2, 0.25) is 0 Å². The molecule has 1 aliphatic rings. The normalized spacial score (nSPS) is 20.2. The van der Waals surface area contributed by atoms with E-state index in [1.165, 1.54) is 19.3 Å². The first kappa shape index (κ1) is 13.0. The Kier molecular flexibility index (Phi) is 4.75. The highest BCUT2D eigenvalue weighted by atomic mass is 16.4. The molecule has 0 aliphatic carbocycles. The van der Waals surface area contributed by atoms with Crippen LogP contribution in [0.2, 0.25) is 0 Å². The van der Waals surface area contributed by atoms with Crippen LogP contribution < -0.4 is 0 Å². The van der Waals surface area contributed by atoms with Crippen molar-refractivity contribution in [2.45, 2.75) is 39.0 Å². The molecule has 0 saturated carbocycles. The Hall–Kier alpha value is -1.08. The Balaban J connectivity index is 2.38. The van der Waals surface area contributed by atoms with Gasteiger partial charge in [-0.25, -0.2) is 0 Å². The minimum atomic E-state index is -1.12. The summed E-state index contributed by atoms with van der Waals surface area (Å²) in [4.78, 5) is 13.3. The van der Waals surface area contributed by atoms with E-state index in [1.807, 2.05) is 6.07 Å². The van der Waals surface area contributed by atoms with Crippen molar-refractivity contribution < 1.29 is 9.90 Å². The largest absolute Gasteiger partial charge is 0.480 e. The maximum absolute atomic E-state index is 11.0. The molecule has 1 rings (SSSR count). The summed E-state index contributed by atoms with van der Waals surface area (Å²) >= 11 is 0. The third-order valence-electron chi connectivity index (χ3n) is 3.41. The number of hydrogen-bond acceptors (Lipinski definition) is 3. The van der Waals surface area contributed by atoms with E-state index in [-0.39, 0.29) is 0 Å². The average molecular weight is 224 g/mol. The molecule has 0 aromatic heterocycles. The summed E-state index contributed by atoms with van der Waals surface area (Å²) in [6, 6.07) is 1.98. The molecule has 0 atom stereocenters. The van der Waals surface area contributed by atoms with Gasteiger partial charge in [0, 0.05) is 13.1 Å². The third-order valence-corrected chi connectivity index (χ3v) is 3.41. The molecule has 1 saturated heterocycles. The number of rotatable bonds is 5. The van der Waals surface area contributed by atoms with E-state index in [2.05, 4.69) is 11.8 Å². The number of carboxylic acid groups (broad SMARTS) is 1. The molecular formula is C12H20N2O2. The fourth-order valence-corrected chi connectivity index (χ4v) is 2.12. The number of carbonyl (C=O) groups is 1. The van der Waals surface area contributed by atoms with Crippen molar-refractivity contribution in [1.29, 1.82) is 5.26 Å². The van der Waals surface area contributed by atoms with Crippen LogP contribution in [0.4, 0.5) is 0 Å². The predicted molar refractivity (Wildman–Crippen MR) is 60.9 cm³/mol. The van der Waals surface area contributed by atoms with Crippen LogP contribution in [0.5, 0.6) is 0 Å². The van der Waals surface area contributed by atoms with Crippen LogP contribution in [0.15, 0.2) is 0 Å². The van der Waals surface area contributed by atoms with Gasteiger partial charge in [0.15, 0.2) is 5.41 Å². The molecular weight excluding hydrogens is 204 g/mol. The molecule has 1 aliphatic heterocycles. The molecule has 1 fully saturated rings. The first-order chi connectivity index (χ1) is 7.64. The zero-order valence-electron chi connectivity index (χ0n) is 9.91. The average Bonchev–Trinajstić information content (AvgIpc) is 2.30. The summed E-state index contributed by atoms with van der Waals surface area (Å²) in [5.74, 6) is -0.955. The number of nitriles is 1. The minimum absolute atomic E-state index is 0.463. The molecule has 0 spiro atoms. The van der Waals surface area contributed by atoms with E-state index >= 15 is 0 Å². The molecule has 1 heterocycles. The Labute approximate surface area is 96.9 Å². The van der Waals surface area contributed by atoms with Crippen molar-refractivity contribution in [3.63, 3.8) is 0 Å². The predicted octanol–water partition coefficient (Wildman–Crippen LogP) is 1.87. The van der Waals surface area contributed by atoms with Crippen LogP contribution in [0.1, 0.15) is 39.0 Å². The minimum Gasteiger partial charge on any atom is -0.480 e. The van der Waals surface area contributed by atoms with Crippen molar-refractivity contribution in [2.24, 2.45) is 5.41 Å². The molecule has 0 amide bonds. The molecule has 0 aromatic carbocycles. The van der Waals surface area contributed by atoms with Crippen molar-refractivity contribution in [1.82, 2.24) is 4.90 Å². The van der Waals surface area contributed by atoms with Gasteiger partial charge in [-0.1, -0.05) is 19.8 Å². The summed E-state index contributed by atoms with van der Waals surface area (Å²) in [5, 5.41) is 18.0. The molecule has 90 valence electrons. The van der Waals surface area contributed by atoms with E-state index in [9.17, 15) is 4.79 Å². The molecule has 0 radical (unpaired) electrons. The topological polar surface area (TPSA) is 64.3 Å². The van der Waals surface area contributed by atoms with Gasteiger partial charge in [0.1, 0.15) is 0 Å². The standard InChI is InChI=1S/C12H20N2O2/c1-2-3-4-7-14-8-5-12(10-13,6-9-14)11(15)16/h2-9H2,1H3,(H,15,16). The lowest BCUT2D eigenvalue weighted by atomic mass is 9.80. The second-order valence-corrected chi connectivity index (χ2v) is 4.55. The summed E-state index contributed by atoms with van der Waals surface area (Å²) in [5.41, 5.74) is -1.12. The molecule has 0 bridgehead atoms. The van der Waals surface area contributed by atoms with Gasteiger partial charge in [-0.2, -0.15) is 5.26 Å². The van der Waals surface area contributed by atoms with Crippen LogP contribution in [0, 0.1) is 16.7 Å². The molecule has 0 unspecified atom stereocenters. The molecule has 1 N–H and O–H groups in total. The highest BCUT2D eigenvalue weighted by molar-refractivity contribution is 5.78. The van der Waals surface area contributed by atoms with Crippen LogP contribution in [0.25, 0.3) is 0 Å². The van der Waals surface area contributed by atoms with Gasteiger partial charge in [0.05, 0.1) is 6.07 Å². The number of piperidine rings is 1. The van der Waals surface area contributed by atoms with Crippen molar-refractivity contribution in [3.05, 3.63) is 0 Å². The Morgan fingerprint density at radius 2 is 2.06 bits per heavy atom. The van der Waals surface area contributed by atoms with Gasteiger partial charge in [-0.3, -0.25) is 4.79 Å². The monoisotopic (exact) mass is 224 g/mol. The van der Waals surface area contributed by atoms with Crippen LogP contribution in [-0.4, -0.2) is 35.6 Å². The van der Waals surface area contributed by atoms with Gasteiger partial charge in [0.25, 0.3) is 0 Å². The highest BCUT2D eigenvalue weighted by Crippen LogP contribution is 2.31. The van der Waals surface area contributed by atoms with E-state index in [0.29, 0.717) is 12.8 Å². The number of hydrogen-bond donors (Lipinski definition) is 1. The van der Waals surface area contributed by atoms with E-state index < -0.39 is 11.4 Å². The second kappa shape index (κ2) is 5.86. The lowest BCUT2D eigenvalue weighted by molar-refractivity contribution is -0.147. The van der Waals surface area contributed by atoms with Crippen molar-refractivity contribution in [3.8, 4) is 6.07 Å².